The molecule has 1 fully saturated rings. The highest BCUT2D eigenvalue weighted by Gasteiger charge is 2.24. The Hall–Kier alpha value is -1.37. The van der Waals surface area contributed by atoms with Crippen LogP contribution in [0.4, 0.5) is 4.39 Å². The van der Waals surface area contributed by atoms with Crippen LogP contribution in [0.15, 0.2) is 18.2 Å². The predicted octanol–water partition coefficient (Wildman–Crippen LogP) is 3.51. The van der Waals surface area contributed by atoms with Crippen molar-refractivity contribution in [2.75, 3.05) is 6.61 Å². The average Bonchev–Trinajstić information content (AvgIpc) is 2.41. The van der Waals surface area contributed by atoms with Gasteiger partial charge in [-0.05, 0) is 54.9 Å². The quantitative estimate of drug-likeness (QED) is 0.863. The molecule has 2 unspecified atom stereocenters. The van der Waals surface area contributed by atoms with Crippen LogP contribution in [-0.4, -0.2) is 17.8 Å². The van der Waals surface area contributed by atoms with Crippen LogP contribution < -0.4 is 0 Å². The molecule has 0 saturated heterocycles. The van der Waals surface area contributed by atoms with Crippen molar-refractivity contribution in [3.05, 3.63) is 35.1 Å². The molecular formula is C18H23FO2. The number of hydrogen-bond donors (Lipinski definition) is 1. The smallest absolute Gasteiger partial charge is 0.124 e. The summed E-state index contributed by atoms with van der Waals surface area (Å²) >= 11 is 0. The highest BCUT2D eigenvalue weighted by atomic mass is 19.1. The minimum absolute atomic E-state index is 0.222. The summed E-state index contributed by atoms with van der Waals surface area (Å²) in [5, 5.41) is 8.70. The number of ether oxygens (including phenoxy) is 1. The molecule has 0 amide bonds. The lowest BCUT2D eigenvalue weighted by Crippen LogP contribution is -2.26. The first-order chi connectivity index (χ1) is 10.1. The summed E-state index contributed by atoms with van der Waals surface area (Å²) in [6.07, 6.45) is 3.69. The number of halogens is 1. The van der Waals surface area contributed by atoms with Gasteiger partial charge in [-0.25, -0.2) is 4.39 Å². The van der Waals surface area contributed by atoms with Gasteiger partial charge in [0, 0.05) is 5.56 Å². The van der Waals surface area contributed by atoms with Crippen molar-refractivity contribution in [2.45, 2.75) is 45.8 Å². The lowest BCUT2D eigenvalue weighted by molar-refractivity contribution is -0.00924. The van der Waals surface area contributed by atoms with E-state index in [1.165, 1.54) is 18.6 Å². The lowest BCUT2D eigenvalue weighted by Gasteiger charge is -2.31. The van der Waals surface area contributed by atoms with Crippen LogP contribution in [0.2, 0.25) is 0 Å². The van der Waals surface area contributed by atoms with Gasteiger partial charge in [0.2, 0.25) is 0 Å². The Bertz CT molecular complexity index is 520. The van der Waals surface area contributed by atoms with Gasteiger partial charge in [-0.2, -0.15) is 0 Å². The molecule has 1 aromatic carbocycles. The van der Waals surface area contributed by atoms with Gasteiger partial charge in [-0.1, -0.05) is 25.7 Å². The molecule has 0 heterocycles. The van der Waals surface area contributed by atoms with Gasteiger partial charge in [0.25, 0.3) is 0 Å². The molecule has 21 heavy (non-hydrogen) atoms. The van der Waals surface area contributed by atoms with Crippen LogP contribution in [0.25, 0.3) is 0 Å². The van der Waals surface area contributed by atoms with E-state index >= 15 is 0 Å². The molecule has 1 N–H and O–H groups in total. The standard InChI is InChI=1S/C18H23FO2/c1-13-6-14(2)8-18(7-13)21-12-16-9-15(4-3-5-20)10-17(19)11-16/h9-11,13-14,18,20H,5-8,12H2,1-2H3. The Morgan fingerprint density at radius 1 is 1.19 bits per heavy atom. The molecule has 1 aliphatic carbocycles. The van der Waals surface area contributed by atoms with Crippen molar-refractivity contribution < 1.29 is 14.2 Å². The second-order valence-electron chi connectivity index (χ2n) is 6.16. The molecule has 1 aromatic rings. The zero-order valence-electron chi connectivity index (χ0n) is 12.7. The third kappa shape index (κ3) is 5.15. The third-order valence-corrected chi connectivity index (χ3v) is 3.89. The van der Waals surface area contributed by atoms with E-state index < -0.39 is 0 Å². The van der Waals surface area contributed by atoms with Gasteiger partial charge in [-0.15, -0.1) is 0 Å². The van der Waals surface area contributed by atoms with Crippen molar-refractivity contribution >= 4 is 0 Å². The first-order valence-electron chi connectivity index (χ1n) is 7.57. The van der Waals surface area contributed by atoms with E-state index in [0.29, 0.717) is 24.0 Å². The summed E-state index contributed by atoms with van der Waals surface area (Å²) in [6.45, 7) is 4.71. The summed E-state index contributed by atoms with van der Waals surface area (Å²) in [4.78, 5) is 0. The predicted molar refractivity (Wildman–Crippen MR) is 81.1 cm³/mol. The second-order valence-corrected chi connectivity index (χ2v) is 6.16. The minimum atomic E-state index is -0.316. The van der Waals surface area contributed by atoms with Crippen LogP contribution in [-0.2, 0) is 11.3 Å². The number of aliphatic hydroxyl groups is 1. The number of aliphatic hydroxyl groups excluding tert-OH is 1. The first kappa shape index (κ1) is 16.0. The van der Waals surface area contributed by atoms with Gasteiger partial charge < -0.3 is 9.84 Å². The van der Waals surface area contributed by atoms with E-state index in [1.54, 1.807) is 0 Å². The van der Waals surface area contributed by atoms with Gasteiger partial charge in [0.15, 0.2) is 0 Å². The van der Waals surface area contributed by atoms with E-state index in [9.17, 15) is 4.39 Å². The molecular weight excluding hydrogens is 267 g/mol. The summed E-state index contributed by atoms with van der Waals surface area (Å²) in [7, 11) is 0. The van der Waals surface area contributed by atoms with E-state index in [0.717, 1.165) is 18.4 Å². The summed E-state index contributed by atoms with van der Waals surface area (Å²) in [5.41, 5.74) is 1.37. The van der Waals surface area contributed by atoms with Gasteiger partial charge >= 0.3 is 0 Å². The number of rotatable bonds is 3. The van der Waals surface area contributed by atoms with Gasteiger partial charge in [0.1, 0.15) is 12.4 Å². The van der Waals surface area contributed by atoms with E-state index in [2.05, 4.69) is 25.7 Å². The molecule has 3 heteroatoms. The zero-order valence-corrected chi connectivity index (χ0v) is 12.7. The fraction of sp³-hybridized carbons (Fsp3) is 0.556. The Balaban J connectivity index is 1.98. The Kier molecular flexibility index (Phi) is 5.78. The minimum Gasteiger partial charge on any atom is -0.384 e. The largest absolute Gasteiger partial charge is 0.384 e. The van der Waals surface area contributed by atoms with E-state index in [4.69, 9.17) is 9.84 Å². The van der Waals surface area contributed by atoms with Crippen LogP contribution in [0.3, 0.4) is 0 Å². The molecule has 1 saturated carbocycles. The van der Waals surface area contributed by atoms with Crippen LogP contribution in [0.5, 0.6) is 0 Å². The maximum absolute atomic E-state index is 13.6. The highest BCUT2D eigenvalue weighted by molar-refractivity contribution is 5.37. The van der Waals surface area contributed by atoms with Crippen LogP contribution in [0.1, 0.15) is 44.2 Å². The molecule has 0 radical (unpaired) electrons. The van der Waals surface area contributed by atoms with Crippen molar-refractivity contribution in [2.24, 2.45) is 11.8 Å². The number of benzene rings is 1. The fourth-order valence-corrected chi connectivity index (χ4v) is 3.17. The Morgan fingerprint density at radius 3 is 2.57 bits per heavy atom. The molecule has 1 aliphatic rings. The molecule has 2 nitrogen and oxygen atoms in total. The Labute approximate surface area is 126 Å². The zero-order chi connectivity index (χ0) is 15.2. The van der Waals surface area contributed by atoms with Gasteiger partial charge in [0.05, 0.1) is 12.7 Å². The summed E-state index contributed by atoms with van der Waals surface area (Å²) in [5.74, 6) is 6.33. The Morgan fingerprint density at radius 2 is 1.90 bits per heavy atom. The molecule has 0 spiro atoms. The molecule has 0 aliphatic heterocycles. The summed E-state index contributed by atoms with van der Waals surface area (Å²) in [6, 6.07) is 4.68. The first-order valence-corrected chi connectivity index (χ1v) is 7.57. The SMILES string of the molecule is CC1CC(C)CC(OCc2cc(F)cc(C#CCO)c2)C1. The molecule has 0 aromatic heterocycles. The monoisotopic (exact) mass is 290 g/mol. The van der Waals surface area contributed by atoms with Crippen molar-refractivity contribution in [1.82, 2.24) is 0 Å². The third-order valence-electron chi connectivity index (χ3n) is 3.89. The second kappa shape index (κ2) is 7.59. The molecule has 2 rings (SSSR count). The fourth-order valence-electron chi connectivity index (χ4n) is 3.17. The maximum Gasteiger partial charge on any atom is 0.124 e. The van der Waals surface area contributed by atoms with E-state index in [1.807, 2.05) is 6.07 Å². The highest BCUT2D eigenvalue weighted by Crippen LogP contribution is 2.30. The van der Waals surface area contributed by atoms with Crippen molar-refractivity contribution in [1.29, 1.82) is 0 Å². The maximum atomic E-state index is 13.6. The van der Waals surface area contributed by atoms with Crippen molar-refractivity contribution in [3.63, 3.8) is 0 Å². The number of hydrogen-bond acceptors (Lipinski definition) is 2. The van der Waals surface area contributed by atoms with Gasteiger partial charge in [-0.3, -0.25) is 0 Å². The topological polar surface area (TPSA) is 29.5 Å². The molecule has 0 bridgehead atoms. The van der Waals surface area contributed by atoms with Crippen LogP contribution >= 0.6 is 0 Å². The summed E-state index contributed by atoms with van der Waals surface area (Å²) < 4.78 is 19.5. The normalized spacial score (nSPS) is 25.2. The molecule has 2 atom stereocenters. The lowest BCUT2D eigenvalue weighted by atomic mass is 9.82. The average molecular weight is 290 g/mol. The van der Waals surface area contributed by atoms with Crippen molar-refractivity contribution in [3.8, 4) is 11.8 Å². The molecule has 114 valence electrons. The van der Waals surface area contributed by atoms with Crippen LogP contribution in [0, 0.1) is 29.5 Å². The van der Waals surface area contributed by atoms with E-state index in [-0.39, 0.29) is 18.5 Å².